The standard InChI is InChI=1S/C24H27FN2O6/c1-26(2)10-11-27-21(14-6-8-18(32-4)19(12-14)33-5)20(23(29)24(27)30)22(28)16-13-15(25)7-9-17(16)31-3/h6-9,12-13,21,28H,10-11H2,1-5H3/b22-20+/t21-/m0/s1. The topological polar surface area (TPSA) is 88.5 Å². The van der Waals surface area contributed by atoms with Gasteiger partial charge in [0.05, 0.1) is 38.5 Å². The van der Waals surface area contributed by atoms with Crippen LogP contribution >= 0.6 is 0 Å². The number of nitrogens with zero attached hydrogens (tertiary/aromatic N) is 2. The number of amides is 1. The average molecular weight is 458 g/mol. The van der Waals surface area contributed by atoms with E-state index >= 15 is 0 Å². The molecule has 0 radical (unpaired) electrons. The number of aliphatic hydroxyl groups is 1. The fraction of sp³-hybridized carbons (Fsp3) is 0.333. The molecule has 1 heterocycles. The Morgan fingerprint density at radius 1 is 1.00 bits per heavy atom. The third kappa shape index (κ3) is 4.63. The minimum atomic E-state index is -0.919. The van der Waals surface area contributed by atoms with Gasteiger partial charge in [0, 0.05) is 13.1 Å². The Hall–Kier alpha value is -3.59. The monoisotopic (exact) mass is 458 g/mol. The van der Waals surface area contributed by atoms with Gasteiger partial charge in [0.1, 0.15) is 17.3 Å². The number of ketones is 1. The molecule has 0 bridgehead atoms. The Kier molecular flexibility index (Phi) is 7.23. The lowest BCUT2D eigenvalue weighted by molar-refractivity contribution is -0.140. The van der Waals surface area contributed by atoms with E-state index in [9.17, 15) is 19.1 Å². The summed E-state index contributed by atoms with van der Waals surface area (Å²) in [4.78, 5) is 29.4. The van der Waals surface area contributed by atoms with Gasteiger partial charge in [-0.2, -0.15) is 0 Å². The average Bonchev–Trinajstić information content (AvgIpc) is 3.06. The number of hydrogen-bond acceptors (Lipinski definition) is 7. The van der Waals surface area contributed by atoms with Crippen LogP contribution in [-0.4, -0.2) is 75.1 Å². The first-order chi connectivity index (χ1) is 15.7. The molecular weight excluding hydrogens is 431 g/mol. The number of benzene rings is 2. The summed E-state index contributed by atoms with van der Waals surface area (Å²) >= 11 is 0. The van der Waals surface area contributed by atoms with Crippen molar-refractivity contribution >= 4 is 17.4 Å². The van der Waals surface area contributed by atoms with Crippen LogP contribution in [0.2, 0.25) is 0 Å². The van der Waals surface area contributed by atoms with E-state index in [1.807, 2.05) is 19.0 Å². The number of carbonyl (C=O) groups is 2. The maximum atomic E-state index is 14.0. The number of hydrogen-bond donors (Lipinski definition) is 1. The molecule has 2 aromatic carbocycles. The molecule has 1 amide bonds. The van der Waals surface area contributed by atoms with Crippen LogP contribution in [0.1, 0.15) is 17.2 Å². The number of aliphatic hydroxyl groups excluding tert-OH is 1. The van der Waals surface area contributed by atoms with Gasteiger partial charge in [0.15, 0.2) is 11.5 Å². The van der Waals surface area contributed by atoms with E-state index in [0.717, 1.165) is 6.07 Å². The number of likely N-dealkylation sites (N-methyl/N-ethyl adjacent to an activating group) is 1. The summed E-state index contributed by atoms with van der Waals surface area (Å²) in [6.45, 7) is 0.716. The van der Waals surface area contributed by atoms with Crippen LogP contribution in [0.15, 0.2) is 42.0 Å². The van der Waals surface area contributed by atoms with Crippen LogP contribution in [0.4, 0.5) is 4.39 Å². The molecular formula is C24H27FN2O6. The normalized spacial score (nSPS) is 17.5. The van der Waals surface area contributed by atoms with E-state index in [1.165, 1.54) is 38.4 Å². The van der Waals surface area contributed by atoms with Crippen LogP contribution in [0.5, 0.6) is 17.2 Å². The molecule has 1 aliphatic rings. The van der Waals surface area contributed by atoms with E-state index in [4.69, 9.17) is 14.2 Å². The molecule has 1 N–H and O–H groups in total. The molecule has 2 aromatic rings. The predicted octanol–water partition coefficient (Wildman–Crippen LogP) is 2.83. The van der Waals surface area contributed by atoms with Crippen molar-refractivity contribution in [1.29, 1.82) is 0 Å². The first-order valence-corrected chi connectivity index (χ1v) is 10.2. The van der Waals surface area contributed by atoms with Gasteiger partial charge in [-0.15, -0.1) is 0 Å². The Balaban J connectivity index is 2.25. The predicted molar refractivity (Wildman–Crippen MR) is 120 cm³/mol. The number of ether oxygens (including phenoxy) is 3. The summed E-state index contributed by atoms with van der Waals surface area (Å²) in [6.07, 6.45) is 0. The first kappa shape index (κ1) is 24.1. The van der Waals surface area contributed by atoms with Crippen molar-refractivity contribution in [1.82, 2.24) is 9.80 Å². The van der Waals surface area contributed by atoms with E-state index in [1.54, 1.807) is 18.2 Å². The zero-order chi connectivity index (χ0) is 24.3. The molecule has 8 nitrogen and oxygen atoms in total. The maximum Gasteiger partial charge on any atom is 0.295 e. The molecule has 1 aliphatic heterocycles. The van der Waals surface area contributed by atoms with Crippen LogP contribution in [0, 0.1) is 5.82 Å². The van der Waals surface area contributed by atoms with Gasteiger partial charge in [0.2, 0.25) is 0 Å². The molecule has 3 rings (SSSR count). The molecule has 176 valence electrons. The second-order valence-electron chi connectivity index (χ2n) is 7.75. The number of methoxy groups -OCH3 is 3. The SMILES string of the molecule is COc1ccc([C@H]2/C(=C(\O)c3cc(F)ccc3OC)C(=O)C(=O)N2CCN(C)C)cc1OC. The zero-order valence-corrected chi connectivity index (χ0v) is 19.2. The summed E-state index contributed by atoms with van der Waals surface area (Å²) < 4.78 is 29.9. The van der Waals surface area contributed by atoms with Gasteiger partial charge in [-0.3, -0.25) is 9.59 Å². The minimum Gasteiger partial charge on any atom is -0.507 e. The fourth-order valence-corrected chi connectivity index (χ4v) is 3.80. The Morgan fingerprint density at radius 2 is 1.64 bits per heavy atom. The largest absolute Gasteiger partial charge is 0.507 e. The van der Waals surface area contributed by atoms with E-state index < -0.39 is 29.3 Å². The molecule has 9 heteroatoms. The van der Waals surface area contributed by atoms with Crippen LogP contribution in [-0.2, 0) is 9.59 Å². The Morgan fingerprint density at radius 3 is 2.24 bits per heavy atom. The molecule has 33 heavy (non-hydrogen) atoms. The first-order valence-electron chi connectivity index (χ1n) is 10.2. The van der Waals surface area contributed by atoms with Gasteiger partial charge >= 0.3 is 0 Å². The molecule has 0 spiro atoms. The molecule has 0 saturated carbocycles. The smallest absolute Gasteiger partial charge is 0.295 e. The summed E-state index contributed by atoms with van der Waals surface area (Å²) in [5.74, 6) is -1.72. The van der Waals surface area contributed by atoms with Crippen molar-refractivity contribution < 1.29 is 33.3 Å². The minimum absolute atomic E-state index is 0.0198. The summed E-state index contributed by atoms with van der Waals surface area (Å²) in [5.41, 5.74) is 0.353. The van der Waals surface area contributed by atoms with E-state index in [2.05, 4.69) is 0 Å². The van der Waals surface area contributed by atoms with Crippen LogP contribution < -0.4 is 14.2 Å². The second-order valence-corrected chi connectivity index (χ2v) is 7.75. The summed E-state index contributed by atoms with van der Waals surface area (Å²) in [5, 5.41) is 11.2. The van der Waals surface area contributed by atoms with Crippen LogP contribution in [0.25, 0.3) is 5.76 Å². The number of rotatable bonds is 8. The lowest BCUT2D eigenvalue weighted by atomic mass is 9.94. The summed E-state index contributed by atoms with van der Waals surface area (Å²) in [6, 6.07) is 7.66. The van der Waals surface area contributed by atoms with Gasteiger partial charge in [0.25, 0.3) is 11.7 Å². The maximum absolute atomic E-state index is 14.0. The van der Waals surface area contributed by atoms with Gasteiger partial charge in [-0.1, -0.05) is 6.07 Å². The second kappa shape index (κ2) is 9.91. The molecule has 1 atom stereocenters. The van der Waals surface area contributed by atoms with Crippen LogP contribution in [0.3, 0.4) is 0 Å². The summed E-state index contributed by atoms with van der Waals surface area (Å²) in [7, 11) is 8.03. The lowest BCUT2D eigenvalue weighted by Gasteiger charge is -2.27. The third-order valence-corrected chi connectivity index (χ3v) is 5.47. The highest BCUT2D eigenvalue weighted by Gasteiger charge is 2.46. The molecule has 1 fully saturated rings. The van der Waals surface area contributed by atoms with Gasteiger partial charge < -0.3 is 29.1 Å². The highest BCUT2D eigenvalue weighted by atomic mass is 19.1. The van der Waals surface area contributed by atoms with Crippen molar-refractivity contribution in [3.63, 3.8) is 0 Å². The fourth-order valence-electron chi connectivity index (χ4n) is 3.80. The number of carbonyl (C=O) groups excluding carboxylic acids is 2. The Labute approximate surface area is 191 Å². The van der Waals surface area contributed by atoms with E-state index in [0.29, 0.717) is 23.6 Å². The highest BCUT2D eigenvalue weighted by molar-refractivity contribution is 6.46. The Bertz CT molecular complexity index is 1100. The van der Waals surface area contributed by atoms with Crippen molar-refractivity contribution in [2.75, 3.05) is 48.5 Å². The van der Waals surface area contributed by atoms with Gasteiger partial charge in [-0.25, -0.2) is 4.39 Å². The van der Waals surface area contributed by atoms with Crippen molar-refractivity contribution in [2.45, 2.75) is 6.04 Å². The van der Waals surface area contributed by atoms with E-state index in [-0.39, 0.29) is 23.4 Å². The zero-order valence-electron chi connectivity index (χ0n) is 19.2. The number of Topliss-reactive ketones (excluding diaryl/α,β-unsaturated/α-hetero) is 1. The van der Waals surface area contributed by atoms with Gasteiger partial charge in [-0.05, 0) is 50.0 Å². The molecule has 0 aromatic heterocycles. The molecule has 1 saturated heterocycles. The van der Waals surface area contributed by atoms with Crippen molar-refractivity contribution in [3.05, 3.63) is 58.9 Å². The quantitative estimate of drug-likeness (QED) is 0.370. The number of likely N-dealkylation sites (tertiary alicyclic amines) is 1. The molecule has 0 unspecified atom stereocenters. The lowest BCUT2D eigenvalue weighted by Crippen LogP contribution is -2.35. The highest BCUT2D eigenvalue weighted by Crippen LogP contribution is 2.43. The number of halogens is 1. The van der Waals surface area contributed by atoms with Crippen molar-refractivity contribution in [3.8, 4) is 17.2 Å². The van der Waals surface area contributed by atoms with Crippen molar-refractivity contribution in [2.24, 2.45) is 0 Å². The molecule has 0 aliphatic carbocycles. The third-order valence-electron chi connectivity index (χ3n) is 5.47.